The van der Waals surface area contributed by atoms with Crippen LogP contribution in [0.25, 0.3) is 10.9 Å². The summed E-state index contributed by atoms with van der Waals surface area (Å²) < 4.78 is 33.4. The average Bonchev–Trinajstić information content (AvgIpc) is 3.69. The van der Waals surface area contributed by atoms with Crippen molar-refractivity contribution in [1.82, 2.24) is 9.29 Å². The Labute approximate surface area is 193 Å². The van der Waals surface area contributed by atoms with Gasteiger partial charge in [0.05, 0.1) is 18.2 Å². The highest BCUT2D eigenvalue weighted by molar-refractivity contribution is 7.89. The Morgan fingerprint density at radius 2 is 1.82 bits per heavy atom. The van der Waals surface area contributed by atoms with Crippen LogP contribution in [-0.4, -0.2) is 43.8 Å². The SMILES string of the molecule is COc1ccc(NC(=O)c2cc(C3CC3)nc3ccccc23)cc1S(=O)(=O)N1CCCCC1. The monoisotopic (exact) mass is 465 g/mol. The van der Waals surface area contributed by atoms with Crippen LogP contribution in [0.15, 0.2) is 53.4 Å². The first kappa shape index (κ1) is 21.9. The van der Waals surface area contributed by atoms with E-state index in [0.717, 1.165) is 48.7 Å². The smallest absolute Gasteiger partial charge is 0.256 e. The van der Waals surface area contributed by atoms with Gasteiger partial charge in [-0.2, -0.15) is 4.31 Å². The molecule has 2 fully saturated rings. The number of sulfonamides is 1. The molecule has 5 rings (SSSR count). The Kier molecular flexibility index (Phi) is 5.80. The first-order valence-corrected chi connectivity index (χ1v) is 12.8. The van der Waals surface area contributed by atoms with Crippen LogP contribution in [0.2, 0.25) is 0 Å². The number of aromatic nitrogens is 1. The van der Waals surface area contributed by atoms with E-state index in [1.54, 1.807) is 12.1 Å². The molecule has 2 aromatic carbocycles. The van der Waals surface area contributed by atoms with Crippen molar-refractivity contribution >= 4 is 32.5 Å². The van der Waals surface area contributed by atoms with E-state index in [4.69, 9.17) is 9.72 Å². The molecule has 33 heavy (non-hydrogen) atoms. The number of nitrogens with one attached hydrogen (secondary N) is 1. The topological polar surface area (TPSA) is 88.6 Å². The molecule has 1 saturated carbocycles. The summed E-state index contributed by atoms with van der Waals surface area (Å²) in [7, 11) is -2.28. The van der Waals surface area contributed by atoms with Crippen molar-refractivity contribution in [3.8, 4) is 5.75 Å². The standard InChI is InChI=1S/C25H27N3O4S/c1-32-23-12-11-18(15-24(23)33(30,31)28-13-5-2-6-14-28)26-25(29)20-16-22(17-9-10-17)27-21-8-4-3-7-19(20)21/h3-4,7-8,11-12,15-17H,2,5-6,9-10,13-14H2,1H3,(H,26,29). The van der Waals surface area contributed by atoms with Gasteiger partial charge in [-0.05, 0) is 56.0 Å². The van der Waals surface area contributed by atoms with E-state index in [0.29, 0.717) is 30.3 Å². The Morgan fingerprint density at radius 3 is 2.55 bits per heavy atom. The maximum absolute atomic E-state index is 13.3. The second-order valence-electron chi connectivity index (χ2n) is 8.67. The number of piperidine rings is 1. The molecule has 1 amide bonds. The number of hydrogen-bond acceptors (Lipinski definition) is 5. The molecule has 172 valence electrons. The van der Waals surface area contributed by atoms with Crippen LogP contribution in [-0.2, 0) is 10.0 Å². The number of methoxy groups -OCH3 is 1. The molecule has 1 aliphatic carbocycles. The van der Waals surface area contributed by atoms with Gasteiger partial charge in [0.2, 0.25) is 10.0 Å². The number of rotatable bonds is 6. The van der Waals surface area contributed by atoms with E-state index in [9.17, 15) is 13.2 Å². The zero-order valence-corrected chi connectivity index (χ0v) is 19.4. The Hall–Kier alpha value is -2.97. The molecule has 0 atom stereocenters. The third kappa shape index (κ3) is 4.32. The number of carbonyl (C=O) groups is 1. The van der Waals surface area contributed by atoms with E-state index < -0.39 is 10.0 Å². The van der Waals surface area contributed by atoms with Gasteiger partial charge >= 0.3 is 0 Å². The number of para-hydroxylation sites is 1. The van der Waals surface area contributed by atoms with Gasteiger partial charge in [-0.25, -0.2) is 8.42 Å². The summed E-state index contributed by atoms with van der Waals surface area (Å²) in [5.41, 5.74) is 2.67. The first-order valence-electron chi connectivity index (χ1n) is 11.4. The van der Waals surface area contributed by atoms with Crippen LogP contribution < -0.4 is 10.1 Å². The summed E-state index contributed by atoms with van der Waals surface area (Å²) in [4.78, 5) is 18.1. The largest absolute Gasteiger partial charge is 0.495 e. The normalized spacial score (nSPS) is 17.1. The molecule has 2 heterocycles. The van der Waals surface area contributed by atoms with Gasteiger partial charge < -0.3 is 10.1 Å². The summed E-state index contributed by atoms with van der Waals surface area (Å²) in [5.74, 6) is 0.384. The Balaban J connectivity index is 1.49. The molecule has 8 heteroatoms. The van der Waals surface area contributed by atoms with Crippen molar-refractivity contribution in [3.63, 3.8) is 0 Å². The van der Waals surface area contributed by atoms with E-state index >= 15 is 0 Å². The number of amides is 1. The summed E-state index contributed by atoms with van der Waals surface area (Å²) >= 11 is 0. The molecule has 7 nitrogen and oxygen atoms in total. The van der Waals surface area contributed by atoms with Crippen molar-refractivity contribution in [1.29, 1.82) is 0 Å². The van der Waals surface area contributed by atoms with Crippen molar-refractivity contribution in [2.24, 2.45) is 0 Å². The molecule has 3 aromatic rings. The van der Waals surface area contributed by atoms with E-state index in [1.807, 2.05) is 30.3 Å². The molecule has 1 aliphatic heterocycles. The lowest BCUT2D eigenvalue weighted by Gasteiger charge is -2.26. The van der Waals surface area contributed by atoms with Gasteiger partial charge in [0.15, 0.2) is 0 Å². The number of ether oxygens (including phenoxy) is 1. The third-order valence-electron chi connectivity index (χ3n) is 6.33. The molecule has 1 N–H and O–H groups in total. The Bertz CT molecular complexity index is 1310. The fourth-order valence-electron chi connectivity index (χ4n) is 4.37. The number of nitrogens with zero attached hydrogens (tertiary/aromatic N) is 2. The lowest BCUT2D eigenvalue weighted by Crippen LogP contribution is -2.35. The van der Waals surface area contributed by atoms with Crippen LogP contribution in [0.3, 0.4) is 0 Å². The van der Waals surface area contributed by atoms with E-state index in [1.165, 1.54) is 17.5 Å². The number of carbonyl (C=O) groups excluding carboxylic acids is 1. The minimum atomic E-state index is -3.73. The molecule has 0 bridgehead atoms. The zero-order valence-electron chi connectivity index (χ0n) is 18.6. The fraction of sp³-hybridized carbons (Fsp3) is 0.360. The van der Waals surface area contributed by atoms with Crippen molar-refractivity contribution in [2.75, 3.05) is 25.5 Å². The minimum absolute atomic E-state index is 0.0722. The lowest BCUT2D eigenvalue weighted by molar-refractivity contribution is 0.102. The predicted octanol–water partition coefficient (Wildman–Crippen LogP) is 4.55. The van der Waals surface area contributed by atoms with Gasteiger partial charge in [0.1, 0.15) is 10.6 Å². The molecular formula is C25H27N3O4S. The highest BCUT2D eigenvalue weighted by atomic mass is 32.2. The molecule has 1 saturated heterocycles. The summed E-state index contributed by atoms with van der Waals surface area (Å²) in [6.07, 6.45) is 4.89. The number of anilines is 1. The molecule has 0 radical (unpaired) electrons. The van der Waals surface area contributed by atoms with Crippen LogP contribution in [0.5, 0.6) is 5.75 Å². The minimum Gasteiger partial charge on any atom is -0.495 e. The molecule has 0 spiro atoms. The highest BCUT2D eigenvalue weighted by Crippen LogP contribution is 2.40. The van der Waals surface area contributed by atoms with Crippen LogP contribution in [0, 0.1) is 0 Å². The number of pyridine rings is 1. The van der Waals surface area contributed by atoms with Gasteiger partial charge in [0.25, 0.3) is 5.91 Å². The molecule has 2 aliphatic rings. The van der Waals surface area contributed by atoms with Crippen LogP contribution >= 0.6 is 0 Å². The van der Waals surface area contributed by atoms with Gasteiger partial charge in [-0.1, -0.05) is 24.6 Å². The van der Waals surface area contributed by atoms with Crippen LogP contribution in [0.1, 0.15) is 54.1 Å². The van der Waals surface area contributed by atoms with Crippen molar-refractivity contribution < 1.29 is 17.9 Å². The average molecular weight is 466 g/mol. The second kappa shape index (κ2) is 8.76. The Morgan fingerprint density at radius 1 is 1.06 bits per heavy atom. The maximum Gasteiger partial charge on any atom is 0.256 e. The predicted molar refractivity (Wildman–Crippen MR) is 127 cm³/mol. The lowest BCUT2D eigenvalue weighted by atomic mass is 10.1. The second-order valence-corrected chi connectivity index (χ2v) is 10.6. The maximum atomic E-state index is 13.3. The summed E-state index contributed by atoms with van der Waals surface area (Å²) in [6, 6.07) is 14.2. The first-order chi connectivity index (χ1) is 16.0. The van der Waals surface area contributed by atoms with Crippen LogP contribution in [0.4, 0.5) is 5.69 Å². The fourth-order valence-corrected chi connectivity index (χ4v) is 6.07. The highest BCUT2D eigenvalue weighted by Gasteiger charge is 2.30. The van der Waals surface area contributed by atoms with Gasteiger partial charge in [-0.15, -0.1) is 0 Å². The molecule has 0 unspecified atom stereocenters. The van der Waals surface area contributed by atoms with E-state index in [2.05, 4.69) is 5.32 Å². The van der Waals surface area contributed by atoms with Gasteiger partial charge in [0, 0.05) is 35.8 Å². The molecule has 1 aromatic heterocycles. The molecular weight excluding hydrogens is 438 g/mol. The van der Waals surface area contributed by atoms with E-state index in [-0.39, 0.29) is 16.6 Å². The van der Waals surface area contributed by atoms with Crippen molar-refractivity contribution in [2.45, 2.75) is 42.9 Å². The number of hydrogen-bond donors (Lipinski definition) is 1. The van der Waals surface area contributed by atoms with Gasteiger partial charge in [-0.3, -0.25) is 9.78 Å². The third-order valence-corrected chi connectivity index (χ3v) is 8.25. The summed E-state index contributed by atoms with van der Waals surface area (Å²) in [5, 5.41) is 3.67. The quantitative estimate of drug-likeness (QED) is 0.577. The number of benzene rings is 2. The summed E-state index contributed by atoms with van der Waals surface area (Å²) in [6.45, 7) is 0.990. The van der Waals surface area contributed by atoms with Crippen molar-refractivity contribution in [3.05, 3.63) is 59.8 Å². The number of fused-ring (bicyclic) bond motifs is 1. The zero-order chi connectivity index (χ0) is 23.0.